The molecule has 8 heteroatoms. The van der Waals surface area contributed by atoms with Crippen molar-refractivity contribution in [1.29, 1.82) is 0 Å². The third-order valence-electron chi connectivity index (χ3n) is 5.26. The summed E-state index contributed by atoms with van der Waals surface area (Å²) in [6.45, 7) is 4.74. The molecule has 3 atom stereocenters. The summed E-state index contributed by atoms with van der Waals surface area (Å²) in [6, 6.07) is 6.36. The Kier molecular flexibility index (Phi) is 7.38. The van der Waals surface area contributed by atoms with E-state index in [4.69, 9.17) is 4.74 Å². The van der Waals surface area contributed by atoms with Crippen LogP contribution >= 0.6 is 0 Å². The van der Waals surface area contributed by atoms with Crippen molar-refractivity contribution in [3.8, 4) is 0 Å². The van der Waals surface area contributed by atoms with Crippen LogP contribution in [0.25, 0.3) is 5.57 Å². The van der Waals surface area contributed by atoms with Crippen molar-refractivity contribution in [1.82, 2.24) is 4.90 Å². The van der Waals surface area contributed by atoms with Crippen LogP contribution in [0.4, 0.5) is 0 Å². The van der Waals surface area contributed by atoms with Crippen LogP contribution in [0, 0.1) is 11.8 Å². The summed E-state index contributed by atoms with van der Waals surface area (Å²) in [5.74, 6) is -2.82. The van der Waals surface area contributed by atoms with Gasteiger partial charge in [0.2, 0.25) is 5.91 Å². The van der Waals surface area contributed by atoms with Crippen molar-refractivity contribution in [3.05, 3.63) is 41.1 Å². The second-order valence-electron chi connectivity index (χ2n) is 6.91. The van der Waals surface area contributed by atoms with Gasteiger partial charge in [-0.25, -0.2) is 0 Å². The zero-order valence-electron chi connectivity index (χ0n) is 16.4. The number of benzene rings is 1. The summed E-state index contributed by atoms with van der Waals surface area (Å²) in [5, 5.41) is 11.8. The van der Waals surface area contributed by atoms with Crippen molar-refractivity contribution in [3.63, 3.8) is 0 Å². The average molecular weight is 409 g/mol. The molecule has 1 fully saturated rings. The molecular weight excluding hydrogens is 389 g/mol. The number of aliphatic carboxylic acids is 1. The Bertz CT molecular complexity index is 860. The first kappa shape index (κ1) is 23.0. The van der Waals surface area contributed by atoms with Crippen LogP contribution in [0.15, 0.2) is 30.0 Å². The number of ketones is 1. The summed E-state index contributed by atoms with van der Waals surface area (Å²) < 4.78 is 4.92. The molecule has 2 heterocycles. The van der Waals surface area contributed by atoms with Gasteiger partial charge in [-0.2, -0.15) is 0 Å². The van der Waals surface area contributed by atoms with Gasteiger partial charge in [0.15, 0.2) is 5.78 Å². The Morgan fingerprint density at radius 3 is 2.25 bits per heavy atom. The van der Waals surface area contributed by atoms with E-state index in [9.17, 15) is 24.3 Å². The molecule has 0 aliphatic carbocycles. The fourth-order valence-corrected chi connectivity index (χ4v) is 4.03. The van der Waals surface area contributed by atoms with Gasteiger partial charge >= 0.3 is 57.4 Å². The third-order valence-corrected chi connectivity index (χ3v) is 5.26. The number of esters is 1. The monoisotopic (exact) mass is 409 g/mol. The van der Waals surface area contributed by atoms with E-state index in [1.807, 2.05) is 6.92 Å². The number of hydrogen-bond acceptors (Lipinski definition) is 6. The third kappa shape index (κ3) is 4.02. The normalized spacial score (nSPS) is 22.9. The zero-order valence-corrected chi connectivity index (χ0v) is 19.5. The van der Waals surface area contributed by atoms with Gasteiger partial charge in [-0.05, 0) is 24.5 Å². The fraction of sp³-hybridized carbons (Fsp3) is 0.400. The molecule has 1 aromatic rings. The van der Waals surface area contributed by atoms with Crippen molar-refractivity contribution >= 4 is 29.2 Å². The second-order valence-corrected chi connectivity index (χ2v) is 6.91. The number of rotatable bonds is 6. The average Bonchev–Trinajstić information content (AvgIpc) is 2.88. The number of hydrogen-bond donors (Lipinski definition) is 0. The van der Waals surface area contributed by atoms with E-state index in [1.54, 1.807) is 24.3 Å². The molecule has 28 heavy (non-hydrogen) atoms. The van der Waals surface area contributed by atoms with E-state index < -0.39 is 17.9 Å². The van der Waals surface area contributed by atoms with Gasteiger partial charge in [-0.1, -0.05) is 31.2 Å². The number of β-lactam (4-membered cyclic amide) rings is 1. The van der Waals surface area contributed by atoms with Gasteiger partial charge in [0, 0.05) is 18.4 Å². The van der Waals surface area contributed by atoms with E-state index >= 15 is 0 Å². The first-order chi connectivity index (χ1) is 12.7. The van der Waals surface area contributed by atoms with E-state index in [2.05, 4.69) is 0 Å². The Morgan fingerprint density at radius 2 is 1.75 bits per heavy atom. The number of carboxylic acids is 1. The minimum absolute atomic E-state index is 0. The predicted molar refractivity (Wildman–Crippen MR) is 92.9 cm³/mol. The minimum Gasteiger partial charge on any atom is -0.543 e. The van der Waals surface area contributed by atoms with Crippen molar-refractivity contribution in [2.24, 2.45) is 11.8 Å². The number of Topliss-reactive ketones (excluding diaryl/α,β-unsaturated/α-hetero) is 1. The number of amides is 1. The van der Waals surface area contributed by atoms with Gasteiger partial charge in [0.05, 0.1) is 30.2 Å². The molecule has 0 N–H and O–H groups in total. The first-order valence-corrected chi connectivity index (χ1v) is 8.77. The van der Waals surface area contributed by atoms with Crippen LogP contribution in [-0.2, 0) is 19.1 Å². The molecule has 7 nitrogen and oxygen atoms in total. The quantitative estimate of drug-likeness (QED) is 0.228. The van der Waals surface area contributed by atoms with E-state index in [1.165, 1.54) is 18.7 Å². The van der Waals surface area contributed by atoms with Gasteiger partial charge < -0.3 is 19.5 Å². The first-order valence-electron chi connectivity index (χ1n) is 8.77. The van der Waals surface area contributed by atoms with Gasteiger partial charge in [0.25, 0.3) is 0 Å². The van der Waals surface area contributed by atoms with Crippen LogP contribution in [0.1, 0.15) is 43.1 Å². The summed E-state index contributed by atoms with van der Waals surface area (Å²) in [4.78, 5) is 47.9. The van der Waals surface area contributed by atoms with E-state index in [-0.39, 0.29) is 87.3 Å². The van der Waals surface area contributed by atoms with Gasteiger partial charge in [0.1, 0.15) is 0 Å². The Labute approximate surface area is 205 Å². The molecular formula is C20H20KNO6. The maximum absolute atomic E-state index is 12.5. The number of ether oxygens (including phenoxy) is 1. The Balaban J connectivity index is 0.00000280. The predicted octanol–water partition coefficient (Wildman–Crippen LogP) is -2.22. The summed E-state index contributed by atoms with van der Waals surface area (Å²) in [5.41, 5.74) is 1.58. The molecule has 1 saturated heterocycles. The van der Waals surface area contributed by atoms with E-state index in [0.717, 1.165) is 0 Å². The largest absolute Gasteiger partial charge is 1.00 e. The van der Waals surface area contributed by atoms with Crippen LogP contribution in [0.5, 0.6) is 0 Å². The zero-order chi connectivity index (χ0) is 19.9. The molecule has 0 aromatic heterocycles. The molecule has 142 valence electrons. The number of fused-ring (bicyclic) bond motifs is 1. The Hall–Kier alpha value is -1.32. The van der Waals surface area contributed by atoms with Crippen LogP contribution in [0.3, 0.4) is 0 Å². The standard InChI is InChI=1S/C20H21NO6.K/c1-10-16(14-6-4-13(5-7-14)11(2)22)18(20(25)26)21-17(10)15(19(21)24)8-9-27-12(3)23;/h4-7,10,15,17H,8-9H2,1-3H3,(H,25,26);/q;+1/p-1/t10-,15-,17+;/m0./s1. The number of nitrogens with zero attached hydrogens (tertiary/aromatic N) is 1. The topological polar surface area (TPSA) is 104 Å². The second kappa shape index (κ2) is 9.00. The minimum atomic E-state index is -1.40. The van der Waals surface area contributed by atoms with Crippen LogP contribution in [-0.4, -0.2) is 41.2 Å². The number of carboxylic acid groups (broad SMARTS) is 1. The van der Waals surface area contributed by atoms with E-state index in [0.29, 0.717) is 23.1 Å². The number of carbonyl (C=O) groups excluding carboxylic acids is 4. The van der Waals surface area contributed by atoms with Crippen LogP contribution in [0.2, 0.25) is 0 Å². The van der Waals surface area contributed by atoms with Crippen molar-refractivity contribution in [2.75, 3.05) is 6.61 Å². The van der Waals surface area contributed by atoms with Crippen molar-refractivity contribution < 1.29 is 80.4 Å². The molecule has 0 saturated carbocycles. The molecule has 2 aliphatic rings. The molecule has 0 bridgehead atoms. The summed E-state index contributed by atoms with van der Waals surface area (Å²) >= 11 is 0. The van der Waals surface area contributed by atoms with Gasteiger partial charge in [-0.15, -0.1) is 0 Å². The maximum Gasteiger partial charge on any atom is 1.00 e. The SMILES string of the molecule is CC(=O)OCC[C@@H]1C(=O)N2C(C(=O)[O-])=C(c3ccc(C(C)=O)cc3)[C@H](C)[C@H]12.[K+]. The van der Waals surface area contributed by atoms with Crippen molar-refractivity contribution in [2.45, 2.75) is 33.2 Å². The molecule has 0 spiro atoms. The number of carbonyl (C=O) groups is 4. The smallest absolute Gasteiger partial charge is 0.543 e. The molecule has 1 amide bonds. The summed E-state index contributed by atoms with van der Waals surface area (Å²) in [6.07, 6.45) is 0.348. The van der Waals surface area contributed by atoms with Gasteiger partial charge in [-0.3, -0.25) is 14.4 Å². The molecule has 0 unspecified atom stereocenters. The fourth-order valence-electron chi connectivity index (χ4n) is 4.03. The molecule has 2 aliphatic heterocycles. The summed E-state index contributed by atoms with van der Waals surface area (Å²) in [7, 11) is 0. The maximum atomic E-state index is 12.5. The molecule has 1 aromatic carbocycles. The molecule has 3 rings (SSSR count). The molecule has 0 radical (unpaired) electrons. The van der Waals surface area contributed by atoms with Crippen LogP contribution < -0.4 is 56.5 Å². The Morgan fingerprint density at radius 1 is 1.14 bits per heavy atom.